The van der Waals surface area contributed by atoms with E-state index in [4.69, 9.17) is 0 Å². The van der Waals surface area contributed by atoms with E-state index in [-0.39, 0.29) is 5.91 Å². The summed E-state index contributed by atoms with van der Waals surface area (Å²) >= 11 is 0. The molecule has 1 aliphatic carbocycles. The number of hydrogen-bond acceptors (Lipinski definition) is 3. The molecule has 0 bridgehead atoms. The van der Waals surface area contributed by atoms with E-state index in [0.717, 1.165) is 37.8 Å². The molecule has 2 aromatic rings. The highest BCUT2D eigenvalue weighted by atomic mass is 16.2. The largest absolute Gasteiger partial charge is 0.336 e. The molecule has 1 amide bonds. The van der Waals surface area contributed by atoms with Gasteiger partial charge in [-0.25, -0.2) is 4.68 Å². The Bertz CT molecular complexity index is 713. The summed E-state index contributed by atoms with van der Waals surface area (Å²) in [7, 11) is 0. The van der Waals surface area contributed by atoms with Crippen molar-refractivity contribution in [2.75, 3.05) is 32.7 Å². The van der Waals surface area contributed by atoms with Crippen LogP contribution >= 0.6 is 0 Å². The second-order valence-electron chi connectivity index (χ2n) is 7.61. The molecule has 2 fully saturated rings. The van der Waals surface area contributed by atoms with Crippen LogP contribution in [-0.2, 0) is 0 Å². The number of benzene rings is 1. The van der Waals surface area contributed by atoms with E-state index < -0.39 is 0 Å². The van der Waals surface area contributed by atoms with Crippen LogP contribution in [0.25, 0.3) is 5.69 Å². The molecule has 0 spiro atoms. The second-order valence-corrected chi connectivity index (χ2v) is 7.61. The lowest BCUT2D eigenvalue weighted by Gasteiger charge is -2.37. The fraction of sp³-hybridized carbons (Fsp3) is 0.524. The Balaban J connectivity index is 1.31. The van der Waals surface area contributed by atoms with Gasteiger partial charge in [-0.2, -0.15) is 5.10 Å². The molecule has 5 heteroatoms. The first kappa shape index (κ1) is 17.3. The first-order valence-corrected chi connectivity index (χ1v) is 9.91. The summed E-state index contributed by atoms with van der Waals surface area (Å²) < 4.78 is 1.77. The molecule has 0 atom stereocenters. The van der Waals surface area contributed by atoms with Gasteiger partial charge in [-0.1, -0.05) is 37.5 Å². The molecular formula is C21H28N4O. The van der Waals surface area contributed by atoms with Crippen molar-refractivity contribution in [1.82, 2.24) is 19.6 Å². The molecule has 0 radical (unpaired) electrons. The third-order valence-electron chi connectivity index (χ3n) is 5.75. The Morgan fingerprint density at radius 2 is 1.73 bits per heavy atom. The Morgan fingerprint density at radius 3 is 2.46 bits per heavy atom. The van der Waals surface area contributed by atoms with Crippen LogP contribution in [0.3, 0.4) is 0 Å². The lowest BCUT2D eigenvalue weighted by Crippen LogP contribution is -2.49. The number of para-hydroxylation sites is 1. The molecule has 1 aliphatic heterocycles. The first-order chi connectivity index (χ1) is 12.8. The fourth-order valence-electron chi connectivity index (χ4n) is 4.21. The van der Waals surface area contributed by atoms with Gasteiger partial charge in [0.05, 0.1) is 17.4 Å². The molecule has 138 valence electrons. The van der Waals surface area contributed by atoms with Gasteiger partial charge in [0.25, 0.3) is 5.91 Å². The summed E-state index contributed by atoms with van der Waals surface area (Å²) in [4.78, 5) is 17.3. The van der Waals surface area contributed by atoms with Crippen LogP contribution in [0.2, 0.25) is 0 Å². The molecule has 5 nitrogen and oxygen atoms in total. The van der Waals surface area contributed by atoms with Gasteiger partial charge in [0.1, 0.15) is 0 Å². The van der Waals surface area contributed by atoms with Crippen molar-refractivity contribution in [3.63, 3.8) is 0 Å². The molecule has 4 rings (SSSR count). The van der Waals surface area contributed by atoms with Gasteiger partial charge in [0.15, 0.2) is 0 Å². The van der Waals surface area contributed by atoms with E-state index in [2.05, 4.69) is 10.00 Å². The maximum Gasteiger partial charge on any atom is 0.257 e. The molecule has 0 unspecified atom stereocenters. The Morgan fingerprint density at radius 1 is 1.00 bits per heavy atom. The molecule has 1 saturated heterocycles. The van der Waals surface area contributed by atoms with Crippen molar-refractivity contribution >= 4 is 5.91 Å². The van der Waals surface area contributed by atoms with Crippen LogP contribution in [0, 0.1) is 5.92 Å². The summed E-state index contributed by atoms with van der Waals surface area (Å²) in [5.74, 6) is 0.972. The normalized spacial score (nSPS) is 19.6. The number of aromatic nitrogens is 2. The van der Waals surface area contributed by atoms with Crippen molar-refractivity contribution in [3.8, 4) is 5.69 Å². The zero-order valence-corrected chi connectivity index (χ0v) is 15.4. The van der Waals surface area contributed by atoms with Gasteiger partial charge >= 0.3 is 0 Å². The Kier molecular flexibility index (Phi) is 5.34. The molecule has 1 aromatic carbocycles. The minimum atomic E-state index is 0.101. The smallest absolute Gasteiger partial charge is 0.257 e. The lowest BCUT2D eigenvalue weighted by molar-refractivity contribution is 0.0606. The number of amides is 1. The Labute approximate surface area is 155 Å². The standard InChI is InChI=1S/C21H28N4O/c26-21(19-15-22-25(17-19)20-9-5-2-6-10-20)24-13-11-23(12-14-24)16-18-7-3-1-4-8-18/h2,5-6,9-10,15,17-18H,1,3-4,7-8,11-14,16H2. The van der Waals surface area contributed by atoms with Gasteiger partial charge in [-0.15, -0.1) is 0 Å². The molecule has 2 aliphatic rings. The fourth-order valence-corrected chi connectivity index (χ4v) is 4.21. The molecular weight excluding hydrogens is 324 g/mol. The van der Waals surface area contributed by atoms with Crippen molar-refractivity contribution in [3.05, 3.63) is 48.3 Å². The van der Waals surface area contributed by atoms with Gasteiger partial charge < -0.3 is 4.90 Å². The number of carbonyl (C=O) groups is 1. The monoisotopic (exact) mass is 352 g/mol. The predicted molar refractivity (Wildman–Crippen MR) is 102 cm³/mol. The molecule has 1 saturated carbocycles. The predicted octanol–water partition coefficient (Wildman–Crippen LogP) is 3.21. The van der Waals surface area contributed by atoms with Gasteiger partial charge in [0.2, 0.25) is 0 Å². The third-order valence-corrected chi connectivity index (χ3v) is 5.75. The summed E-state index contributed by atoms with van der Waals surface area (Å²) in [5.41, 5.74) is 1.65. The topological polar surface area (TPSA) is 41.4 Å². The van der Waals surface area contributed by atoms with Crippen molar-refractivity contribution in [1.29, 1.82) is 0 Å². The number of carbonyl (C=O) groups excluding carboxylic acids is 1. The second kappa shape index (κ2) is 8.04. The van der Waals surface area contributed by atoms with Crippen LogP contribution in [-0.4, -0.2) is 58.2 Å². The number of hydrogen-bond donors (Lipinski definition) is 0. The van der Waals surface area contributed by atoms with E-state index in [9.17, 15) is 4.79 Å². The highest BCUT2D eigenvalue weighted by Gasteiger charge is 2.25. The lowest BCUT2D eigenvalue weighted by atomic mass is 9.89. The van der Waals surface area contributed by atoms with Gasteiger partial charge in [-0.3, -0.25) is 9.69 Å². The molecule has 2 heterocycles. The van der Waals surface area contributed by atoms with E-state index >= 15 is 0 Å². The molecule has 1 aromatic heterocycles. The quantitative estimate of drug-likeness (QED) is 0.848. The van der Waals surface area contributed by atoms with Crippen LogP contribution in [0.4, 0.5) is 0 Å². The summed E-state index contributed by atoms with van der Waals surface area (Å²) in [6, 6.07) is 9.91. The van der Waals surface area contributed by atoms with E-state index in [1.165, 1.54) is 38.6 Å². The number of piperazine rings is 1. The zero-order valence-electron chi connectivity index (χ0n) is 15.4. The Hall–Kier alpha value is -2.14. The van der Waals surface area contributed by atoms with E-state index in [1.54, 1.807) is 10.9 Å². The van der Waals surface area contributed by atoms with Crippen molar-refractivity contribution in [2.24, 2.45) is 5.92 Å². The van der Waals surface area contributed by atoms with Gasteiger partial charge in [0, 0.05) is 38.9 Å². The highest BCUT2D eigenvalue weighted by molar-refractivity contribution is 5.93. The van der Waals surface area contributed by atoms with Gasteiger partial charge in [-0.05, 0) is 30.9 Å². The average Bonchev–Trinajstić information content (AvgIpc) is 3.20. The van der Waals surface area contributed by atoms with Crippen LogP contribution < -0.4 is 0 Å². The van der Waals surface area contributed by atoms with Crippen molar-refractivity contribution < 1.29 is 4.79 Å². The van der Waals surface area contributed by atoms with Crippen LogP contribution in [0.15, 0.2) is 42.7 Å². The number of nitrogens with zero attached hydrogens (tertiary/aromatic N) is 4. The van der Waals surface area contributed by atoms with Crippen molar-refractivity contribution in [2.45, 2.75) is 32.1 Å². The molecule has 0 N–H and O–H groups in total. The third kappa shape index (κ3) is 3.98. The van der Waals surface area contributed by atoms with E-state index in [0.29, 0.717) is 5.56 Å². The minimum Gasteiger partial charge on any atom is -0.336 e. The van der Waals surface area contributed by atoms with Crippen LogP contribution in [0.1, 0.15) is 42.5 Å². The highest BCUT2D eigenvalue weighted by Crippen LogP contribution is 2.24. The summed E-state index contributed by atoms with van der Waals surface area (Å²) in [6.45, 7) is 4.85. The van der Waals surface area contributed by atoms with Crippen LogP contribution in [0.5, 0.6) is 0 Å². The SMILES string of the molecule is O=C(c1cnn(-c2ccccc2)c1)N1CCN(CC2CCCCC2)CC1. The maximum atomic E-state index is 12.8. The van der Waals surface area contributed by atoms with E-state index in [1.807, 2.05) is 41.4 Å². The number of rotatable bonds is 4. The maximum absolute atomic E-state index is 12.8. The zero-order chi connectivity index (χ0) is 17.8. The average molecular weight is 352 g/mol. The molecule has 26 heavy (non-hydrogen) atoms. The minimum absolute atomic E-state index is 0.101. The summed E-state index contributed by atoms with van der Waals surface area (Å²) in [6.07, 6.45) is 10.5. The first-order valence-electron chi connectivity index (χ1n) is 9.91. The summed E-state index contributed by atoms with van der Waals surface area (Å²) in [5, 5.41) is 4.35.